The van der Waals surface area contributed by atoms with E-state index in [0.717, 1.165) is 12.8 Å². The van der Waals surface area contributed by atoms with Crippen molar-refractivity contribution in [2.24, 2.45) is 5.73 Å². The van der Waals surface area contributed by atoms with Crippen LogP contribution < -0.4 is 5.73 Å². The minimum Gasteiger partial charge on any atom is -0.375 e. The number of rotatable bonds is 2. The lowest BCUT2D eigenvalue weighted by molar-refractivity contribution is -0.0660. The zero-order chi connectivity index (χ0) is 8.39. The van der Waals surface area contributed by atoms with Gasteiger partial charge in [0.15, 0.2) is 0 Å². The van der Waals surface area contributed by atoms with Crippen molar-refractivity contribution in [1.29, 1.82) is 0 Å². The summed E-state index contributed by atoms with van der Waals surface area (Å²) < 4.78 is 5.92. The van der Waals surface area contributed by atoms with Crippen molar-refractivity contribution in [2.75, 3.05) is 0 Å². The second-order valence-corrected chi connectivity index (χ2v) is 4.23. The summed E-state index contributed by atoms with van der Waals surface area (Å²) in [6.07, 6.45) is 9.81. The SMILES string of the molecule is N[C@H]1CC[C@H](OC2CCC2)CC1. The molecule has 0 aromatic heterocycles. The van der Waals surface area contributed by atoms with E-state index in [1.165, 1.54) is 32.1 Å². The Kier molecular flexibility index (Phi) is 2.66. The Morgan fingerprint density at radius 3 is 1.92 bits per heavy atom. The van der Waals surface area contributed by atoms with Crippen LogP contribution in [0.1, 0.15) is 44.9 Å². The van der Waals surface area contributed by atoms with Crippen LogP contribution in [0.2, 0.25) is 0 Å². The minimum absolute atomic E-state index is 0.450. The smallest absolute Gasteiger partial charge is 0.0580 e. The Labute approximate surface area is 74.5 Å². The molecule has 2 fully saturated rings. The number of hydrogen-bond donors (Lipinski definition) is 1. The third-order valence-corrected chi connectivity index (χ3v) is 3.16. The van der Waals surface area contributed by atoms with Gasteiger partial charge in [-0.05, 0) is 44.9 Å². The molecule has 0 atom stereocenters. The van der Waals surface area contributed by atoms with E-state index in [1.807, 2.05) is 0 Å². The predicted octanol–water partition coefficient (Wildman–Crippen LogP) is 1.83. The van der Waals surface area contributed by atoms with Gasteiger partial charge in [-0.2, -0.15) is 0 Å². The largest absolute Gasteiger partial charge is 0.375 e. The molecule has 0 unspecified atom stereocenters. The molecule has 0 heterocycles. The van der Waals surface area contributed by atoms with Gasteiger partial charge in [0.05, 0.1) is 12.2 Å². The molecule has 0 amide bonds. The van der Waals surface area contributed by atoms with Crippen molar-refractivity contribution in [1.82, 2.24) is 0 Å². The Bertz CT molecular complexity index is 137. The van der Waals surface area contributed by atoms with Crippen molar-refractivity contribution >= 4 is 0 Å². The van der Waals surface area contributed by atoms with E-state index in [4.69, 9.17) is 10.5 Å². The Hall–Kier alpha value is -0.0800. The fraction of sp³-hybridized carbons (Fsp3) is 1.00. The predicted molar refractivity (Wildman–Crippen MR) is 49.0 cm³/mol. The quantitative estimate of drug-likeness (QED) is 0.684. The monoisotopic (exact) mass is 169 g/mol. The molecule has 0 aliphatic heterocycles. The Morgan fingerprint density at radius 2 is 1.42 bits per heavy atom. The first-order valence-corrected chi connectivity index (χ1v) is 5.25. The van der Waals surface area contributed by atoms with Gasteiger partial charge in [0.25, 0.3) is 0 Å². The topological polar surface area (TPSA) is 35.2 Å². The number of nitrogens with two attached hydrogens (primary N) is 1. The second-order valence-electron chi connectivity index (χ2n) is 4.23. The fourth-order valence-electron chi connectivity index (χ4n) is 2.00. The highest BCUT2D eigenvalue weighted by Crippen LogP contribution is 2.28. The summed E-state index contributed by atoms with van der Waals surface area (Å²) in [6.45, 7) is 0. The molecule has 2 nitrogen and oxygen atoms in total. The molecular formula is C10H19NO. The summed E-state index contributed by atoms with van der Waals surface area (Å²) in [4.78, 5) is 0. The lowest BCUT2D eigenvalue weighted by atomic mass is 9.91. The van der Waals surface area contributed by atoms with Crippen LogP contribution in [-0.2, 0) is 4.74 Å². The van der Waals surface area contributed by atoms with E-state index in [2.05, 4.69) is 0 Å². The molecule has 0 aromatic rings. The molecule has 12 heavy (non-hydrogen) atoms. The van der Waals surface area contributed by atoms with E-state index in [1.54, 1.807) is 0 Å². The molecule has 70 valence electrons. The van der Waals surface area contributed by atoms with Crippen LogP contribution in [0.25, 0.3) is 0 Å². The first-order chi connectivity index (χ1) is 5.84. The third-order valence-electron chi connectivity index (χ3n) is 3.16. The highest BCUT2D eigenvalue weighted by molar-refractivity contribution is 4.78. The van der Waals surface area contributed by atoms with Gasteiger partial charge in [-0.25, -0.2) is 0 Å². The van der Waals surface area contributed by atoms with Crippen LogP contribution in [0.5, 0.6) is 0 Å². The van der Waals surface area contributed by atoms with E-state index in [0.29, 0.717) is 18.2 Å². The van der Waals surface area contributed by atoms with Crippen molar-refractivity contribution in [3.63, 3.8) is 0 Å². The third kappa shape index (κ3) is 1.99. The van der Waals surface area contributed by atoms with Crippen LogP contribution in [-0.4, -0.2) is 18.2 Å². The van der Waals surface area contributed by atoms with Gasteiger partial charge in [0, 0.05) is 6.04 Å². The average Bonchev–Trinajstić information content (AvgIpc) is 2.00. The van der Waals surface area contributed by atoms with Crippen molar-refractivity contribution in [2.45, 2.75) is 63.2 Å². The molecule has 0 aromatic carbocycles. The highest BCUT2D eigenvalue weighted by atomic mass is 16.5. The van der Waals surface area contributed by atoms with E-state index < -0.39 is 0 Å². The lowest BCUT2D eigenvalue weighted by Gasteiger charge is -2.33. The van der Waals surface area contributed by atoms with Crippen LogP contribution in [0.3, 0.4) is 0 Å². The summed E-state index contributed by atoms with van der Waals surface area (Å²) in [5.74, 6) is 0. The number of hydrogen-bond acceptors (Lipinski definition) is 2. The molecule has 0 spiro atoms. The molecule has 2 saturated carbocycles. The molecule has 2 aliphatic rings. The molecule has 0 saturated heterocycles. The molecule has 0 radical (unpaired) electrons. The zero-order valence-electron chi connectivity index (χ0n) is 7.67. The second kappa shape index (κ2) is 3.75. The summed E-state index contributed by atoms with van der Waals surface area (Å²) in [7, 11) is 0. The highest BCUT2D eigenvalue weighted by Gasteiger charge is 2.25. The molecule has 2 rings (SSSR count). The van der Waals surface area contributed by atoms with Gasteiger partial charge in [-0.1, -0.05) is 0 Å². The normalized spacial score (nSPS) is 37.8. The Morgan fingerprint density at radius 1 is 0.833 bits per heavy atom. The van der Waals surface area contributed by atoms with Gasteiger partial charge in [-0.3, -0.25) is 0 Å². The van der Waals surface area contributed by atoms with Crippen LogP contribution >= 0.6 is 0 Å². The maximum absolute atomic E-state index is 5.92. The first-order valence-electron chi connectivity index (χ1n) is 5.25. The van der Waals surface area contributed by atoms with Crippen molar-refractivity contribution in [3.8, 4) is 0 Å². The summed E-state index contributed by atoms with van der Waals surface area (Å²) >= 11 is 0. The van der Waals surface area contributed by atoms with Gasteiger partial charge >= 0.3 is 0 Å². The van der Waals surface area contributed by atoms with Crippen LogP contribution in [0, 0.1) is 0 Å². The maximum Gasteiger partial charge on any atom is 0.0580 e. The van der Waals surface area contributed by atoms with Gasteiger partial charge in [0.2, 0.25) is 0 Å². The molecular weight excluding hydrogens is 150 g/mol. The van der Waals surface area contributed by atoms with E-state index in [-0.39, 0.29) is 0 Å². The van der Waals surface area contributed by atoms with Crippen molar-refractivity contribution in [3.05, 3.63) is 0 Å². The fourth-order valence-corrected chi connectivity index (χ4v) is 2.00. The van der Waals surface area contributed by atoms with Crippen molar-refractivity contribution < 1.29 is 4.74 Å². The maximum atomic E-state index is 5.92. The Balaban J connectivity index is 1.67. The van der Waals surface area contributed by atoms with Gasteiger partial charge in [0.1, 0.15) is 0 Å². The molecule has 2 N–H and O–H groups in total. The average molecular weight is 169 g/mol. The molecule has 2 aliphatic carbocycles. The first kappa shape index (κ1) is 8.52. The zero-order valence-corrected chi connectivity index (χ0v) is 7.67. The van der Waals surface area contributed by atoms with E-state index >= 15 is 0 Å². The lowest BCUT2D eigenvalue weighted by Crippen LogP contribution is -2.34. The van der Waals surface area contributed by atoms with E-state index in [9.17, 15) is 0 Å². The summed E-state index contributed by atoms with van der Waals surface area (Å²) in [5, 5.41) is 0. The number of ether oxygens (including phenoxy) is 1. The van der Waals surface area contributed by atoms with Gasteiger partial charge in [-0.15, -0.1) is 0 Å². The summed E-state index contributed by atoms with van der Waals surface area (Å²) in [5.41, 5.74) is 5.82. The van der Waals surface area contributed by atoms with Gasteiger partial charge < -0.3 is 10.5 Å². The summed E-state index contributed by atoms with van der Waals surface area (Å²) in [6, 6.07) is 0.450. The van der Waals surface area contributed by atoms with Crippen LogP contribution in [0.15, 0.2) is 0 Å². The van der Waals surface area contributed by atoms with Crippen LogP contribution in [0.4, 0.5) is 0 Å². The molecule has 2 heteroatoms. The molecule has 0 bridgehead atoms. The minimum atomic E-state index is 0.450. The standard InChI is InChI=1S/C10H19NO/c11-8-4-6-10(7-5-8)12-9-2-1-3-9/h8-10H,1-7,11H2/t8-,10-.